The molecule has 1 aliphatic rings. The van der Waals surface area contributed by atoms with E-state index in [1.165, 1.54) is 11.1 Å². The van der Waals surface area contributed by atoms with E-state index in [2.05, 4.69) is 61.6 Å². The Morgan fingerprint density at radius 3 is 2.82 bits per heavy atom. The summed E-state index contributed by atoms with van der Waals surface area (Å²) in [6, 6.07) is 20.2. The van der Waals surface area contributed by atoms with Crippen molar-refractivity contribution in [3.63, 3.8) is 0 Å². The number of aryl methyl sites for hydroxylation is 1. The predicted molar refractivity (Wildman–Crippen MR) is 154 cm³/mol. The number of fused-ring (bicyclic) bond motifs is 1. The molecule has 0 bridgehead atoms. The van der Waals surface area contributed by atoms with Crippen LogP contribution in [-0.2, 0) is 11.2 Å². The Hall–Kier alpha value is -4.06. The fraction of sp³-hybridized carbons (Fsp3) is 0.312. The summed E-state index contributed by atoms with van der Waals surface area (Å²) >= 11 is 0. The van der Waals surface area contributed by atoms with Gasteiger partial charge in [0.25, 0.3) is 0 Å². The molecule has 1 aromatic heterocycles. The van der Waals surface area contributed by atoms with Crippen LogP contribution >= 0.6 is 0 Å². The van der Waals surface area contributed by atoms with Gasteiger partial charge in [0.05, 0.1) is 24.9 Å². The minimum atomic E-state index is -0.162. The highest BCUT2D eigenvalue weighted by Gasteiger charge is 2.25. The predicted octanol–water partition coefficient (Wildman–Crippen LogP) is 6.51. The number of nitrogens with two attached hydrogens (primary N) is 1. The standard InChI is InChI=1S/C32H36N4O2/c1-21-8-4-14-32(22(21)2)38-17-7-13-31(37)30-16-15-28-27(11-6-12-29(28)35-30)25-19-34-36(20-25)23(3)24-9-5-10-26(33)18-24/h4-6,8-12,14,18-20,23,30,35H,7,13,15-17,33H2,1-3H3. The van der Waals surface area contributed by atoms with Gasteiger partial charge in [-0.1, -0.05) is 36.4 Å². The van der Waals surface area contributed by atoms with Gasteiger partial charge in [-0.15, -0.1) is 0 Å². The van der Waals surface area contributed by atoms with Crippen LogP contribution in [0.5, 0.6) is 5.75 Å². The first-order valence-corrected chi connectivity index (χ1v) is 13.4. The number of ketones is 1. The number of hydrogen-bond acceptors (Lipinski definition) is 5. The Kier molecular flexibility index (Phi) is 7.50. The number of Topliss-reactive ketones (excluding diaryl/α,β-unsaturated/α-hetero) is 1. The van der Waals surface area contributed by atoms with Crippen molar-refractivity contribution in [3.05, 3.63) is 95.3 Å². The summed E-state index contributed by atoms with van der Waals surface area (Å²) in [5.41, 5.74) is 14.7. The monoisotopic (exact) mass is 508 g/mol. The third kappa shape index (κ3) is 5.44. The molecule has 6 heteroatoms. The molecular formula is C32H36N4O2. The summed E-state index contributed by atoms with van der Waals surface area (Å²) in [5.74, 6) is 1.15. The maximum atomic E-state index is 13.0. The second-order valence-corrected chi connectivity index (χ2v) is 10.2. The lowest BCUT2D eigenvalue weighted by Crippen LogP contribution is -2.33. The van der Waals surface area contributed by atoms with E-state index in [-0.39, 0.29) is 17.9 Å². The quantitative estimate of drug-likeness (QED) is 0.199. The van der Waals surface area contributed by atoms with Crippen LogP contribution in [-0.4, -0.2) is 28.2 Å². The second-order valence-electron chi connectivity index (χ2n) is 10.2. The van der Waals surface area contributed by atoms with E-state index in [1.54, 1.807) is 0 Å². The maximum absolute atomic E-state index is 13.0. The van der Waals surface area contributed by atoms with Crippen molar-refractivity contribution in [1.82, 2.24) is 9.78 Å². The van der Waals surface area contributed by atoms with Crippen LogP contribution in [0.1, 0.15) is 54.5 Å². The van der Waals surface area contributed by atoms with Crippen molar-refractivity contribution in [2.45, 2.75) is 58.5 Å². The van der Waals surface area contributed by atoms with E-state index >= 15 is 0 Å². The summed E-state index contributed by atoms with van der Waals surface area (Å²) in [7, 11) is 0. The molecule has 0 saturated heterocycles. The molecule has 196 valence electrons. The first-order valence-electron chi connectivity index (χ1n) is 13.4. The number of hydrogen-bond donors (Lipinski definition) is 2. The lowest BCUT2D eigenvalue weighted by Gasteiger charge is -2.27. The van der Waals surface area contributed by atoms with Gasteiger partial charge in [0, 0.05) is 29.6 Å². The van der Waals surface area contributed by atoms with Crippen LogP contribution in [0.25, 0.3) is 11.1 Å². The minimum absolute atomic E-state index is 0.0747. The largest absolute Gasteiger partial charge is 0.493 e. The molecular weight excluding hydrogens is 472 g/mol. The average Bonchev–Trinajstić information content (AvgIpc) is 3.42. The van der Waals surface area contributed by atoms with Crippen molar-refractivity contribution >= 4 is 17.2 Å². The summed E-state index contributed by atoms with van der Waals surface area (Å²) in [6.07, 6.45) is 6.87. The van der Waals surface area contributed by atoms with E-state index in [0.717, 1.165) is 52.2 Å². The molecule has 2 atom stereocenters. The van der Waals surface area contributed by atoms with E-state index in [9.17, 15) is 4.79 Å². The number of ether oxygens (including phenoxy) is 1. The van der Waals surface area contributed by atoms with Gasteiger partial charge in [-0.05, 0) is 92.1 Å². The van der Waals surface area contributed by atoms with Gasteiger partial charge >= 0.3 is 0 Å². The maximum Gasteiger partial charge on any atom is 0.155 e. The van der Waals surface area contributed by atoms with Gasteiger partial charge in [0.2, 0.25) is 0 Å². The molecule has 0 spiro atoms. The van der Waals surface area contributed by atoms with Crippen molar-refractivity contribution in [2.75, 3.05) is 17.7 Å². The number of anilines is 2. The highest BCUT2D eigenvalue weighted by Crippen LogP contribution is 2.35. The van der Waals surface area contributed by atoms with Crippen LogP contribution in [0, 0.1) is 13.8 Å². The zero-order valence-electron chi connectivity index (χ0n) is 22.4. The van der Waals surface area contributed by atoms with Gasteiger partial charge < -0.3 is 15.8 Å². The van der Waals surface area contributed by atoms with Gasteiger partial charge in [0.1, 0.15) is 5.75 Å². The smallest absolute Gasteiger partial charge is 0.155 e. The van der Waals surface area contributed by atoms with Crippen LogP contribution in [0.3, 0.4) is 0 Å². The van der Waals surface area contributed by atoms with Crippen LogP contribution in [0.2, 0.25) is 0 Å². The number of benzene rings is 3. The number of carbonyl (C=O) groups is 1. The Balaban J connectivity index is 1.21. The first-order chi connectivity index (χ1) is 18.4. The lowest BCUT2D eigenvalue weighted by molar-refractivity contribution is -0.120. The number of carbonyl (C=O) groups excluding carboxylic acids is 1. The topological polar surface area (TPSA) is 82.2 Å². The summed E-state index contributed by atoms with van der Waals surface area (Å²) < 4.78 is 7.92. The number of nitrogens with one attached hydrogen (secondary N) is 1. The third-order valence-corrected chi connectivity index (χ3v) is 7.66. The molecule has 4 aromatic rings. The molecule has 6 nitrogen and oxygen atoms in total. The zero-order chi connectivity index (χ0) is 26.6. The Labute approximate surface area is 224 Å². The average molecular weight is 509 g/mol. The normalized spacial score (nSPS) is 15.4. The lowest BCUT2D eigenvalue weighted by atomic mass is 9.89. The molecule has 3 aromatic carbocycles. The summed E-state index contributed by atoms with van der Waals surface area (Å²) in [5, 5.41) is 8.17. The fourth-order valence-electron chi connectivity index (χ4n) is 5.20. The van der Waals surface area contributed by atoms with E-state index in [0.29, 0.717) is 19.4 Å². The van der Waals surface area contributed by atoms with Crippen molar-refractivity contribution in [3.8, 4) is 16.9 Å². The third-order valence-electron chi connectivity index (χ3n) is 7.66. The molecule has 5 rings (SSSR count). The van der Waals surface area contributed by atoms with E-state index in [1.807, 2.05) is 47.3 Å². The van der Waals surface area contributed by atoms with Crippen LogP contribution < -0.4 is 15.8 Å². The Morgan fingerprint density at radius 2 is 1.97 bits per heavy atom. The molecule has 0 aliphatic carbocycles. The number of nitrogen functional groups attached to an aromatic ring is 1. The SMILES string of the molecule is Cc1cccc(OCCCC(=O)C2CCc3c(cccc3-c3cnn(C(C)c4cccc(N)c4)c3)N2)c1C. The molecule has 1 aliphatic heterocycles. The van der Waals surface area contributed by atoms with Gasteiger partial charge in [-0.3, -0.25) is 9.48 Å². The summed E-state index contributed by atoms with van der Waals surface area (Å²) in [6.45, 7) is 6.81. The van der Waals surface area contributed by atoms with Gasteiger partial charge in [-0.25, -0.2) is 0 Å². The minimum Gasteiger partial charge on any atom is -0.493 e. The van der Waals surface area contributed by atoms with E-state index in [4.69, 9.17) is 10.5 Å². The number of aromatic nitrogens is 2. The summed E-state index contributed by atoms with van der Waals surface area (Å²) in [4.78, 5) is 13.0. The van der Waals surface area contributed by atoms with Crippen molar-refractivity contribution in [2.24, 2.45) is 0 Å². The Bertz CT molecular complexity index is 1440. The highest BCUT2D eigenvalue weighted by atomic mass is 16.5. The van der Waals surface area contributed by atoms with Gasteiger partial charge in [0.15, 0.2) is 5.78 Å². The number of nitrogens with zero attached hydrogens (tertiary/aromatic N) is 2. The number of rotatable bonds is 9. The zero-order valence-corrected chi connectivity index (χ0v) is 22.4. The first kappa shape index (κ1) is 25.6. The molecule has 0 fully saturated rings. The van der Waals surface area contributed by atoms with Gasteiger partial charge in [-0.2, -0.15) is 5.10 Å². The molecule has 38 heavy (non-hydrogen) atoms. The molecule has 0 amide bonds. The molecule has 0 saturated carbocycles. The highest BCUT2D eigenvalue weighted by molar-refractivity contribution is 5.88. The Morgan fingerprint density at radius 1 is 1.16 bits per heavy atom. The van der Waals surface area contributed by atoms with Crippen LogP contribution in [0.15, 0.2) is 73.1 Å². The molecule has 3 N–H and O–H groups in total. The van der Waals surface area contributed by atoms with Crippen molar-refractivity contribution in [1.29, 1.82) is 0 Å². The van der Waals surface area contributed by atoms with E-state index < -0.39 is 0 Å². The second kappa shape index (κ2) is 11.1. The fourth-order valence-corrected chi connectivity index (χ4v) is 5.20. The molecule has 2 unspecified atom stereocenters. The molecule has 2 heterocycles. The molecule has 0 radical (unpaired) electrons. The van der Waals surface area contributed by atoms with Crippen molar-refractivity contribution < 1.29 is 9.53 Å². The van der Waals surface area contributed by atoms with Crippen LogP contribution in [0.4, 0.5) is 11.4 Å².